The fourth-order valence-corrected chi connectivity index (χ4v) is 4.83. The zero-order valence-electron chi connectivity index (χ0n) is 22.2. The van der Waals surface area contributed by atoms with Gasteiger partial charge in [-0.25, -0.2) is 14.8 Å². The van der Waals surface area contributed by atoms with E-state index >= 15 is 0 Å². The van der Waals surface area contributed by atoms with Crippen molar-refractivity contribution < 1.29 is 14.3 Å². The van der Waals surface area contributed by atoms with E-state index in [0.717, 1.165) is 5.56 Å². The highest BCUT2D eigenvalue weighted by atomic mass is 16.6. The van der Waals surface area contributed by atoms with Crippen LogP contribution in [0.3, 0.4) is 0 Å². The molecule has 3 N–H and O–H groups in total. The van der Waals surface area contributed by atoms with E-state index in [2.05, 4.69) is 27.1 Å². The quantitative estimate of drug-likeness (QED) is 0.510. The van der Waals surface area contributed by atoms with Crippen molar-refractivity contribution in [2.75, 3.05) is 12.3 Å². The molecule has 1 aromatic carbocycles. The lowest BCUT2D eigenvalue weighted by Crippen LogP contribution is -2.39. The predicted molar refractivity (Wildman–Crippen MR) is 143 cm³/mol. The van der Waals surface area contributed by atoms with Gasteiger partial charge in [0.2, 0.25) is 0 Å². The lowest BCUT2D eigenvalue weighted by Gasteiger charge is -2.27. The Bertz CT molecular complexity index is 1380. The Balaban J connectivity index is 1.78. The molecule has 2 amide bonds. The van der Waals surface area contributed by atoms with E-state index in [4.69, 9.17) is 10.5 Å². The zero-order valence-corrected chi connectivity index (χ0v) is 22.2. The van der Waals surface area contributed by atoms with Crippen LogP contribution < -0.4 is 11.1 Å². The average Bonchev–Trinajstić information content (AvgIpc) is 3.37. The number of anilines is 1. The molecule has 9 heteroatoms. The third kappa shape index (κ3) is 5.24. The molecule has 0 bridgehead atoms. The molecule has 2 aromatic heterocycles. The summed E-state index contributed by atoms with van der Waals surface area (Å²) in [6.45, 7) is 11.6. The molecular weight excluding hydrogens is 468 g/mol. The van der Waals surface area contributed by atoms with Gasteiger partial charge in [0.25, 0.3) is 5.91 Å². The molecule has 0 saturated carbocycles. The smallest absolute Gasteiger partial charge is 0.410 e. The number of nitrogens with one attached hydrogen (secondary N) is 1. The van der Waals surface area contributed by atoms with Crippen LogP contribution in [0.5, 0.6) is 0 Å². The number of ether oxygens (including phenoxy) is 1. The summed E-state index contributed by atoms with van der Waals surface area (Å²) < 4.78 is 7.57. The summed E-state index contributed by atoms with van der Waals surface area (Å²) in [5.74, 6) is 5.96. The zero-order chi connectivity index (χ0) is 26.9. The van der Waals surface area contributed by atoms with Crippen molar-refractivity contribution >= 4 is 28.9 Å². The van der Waals surface area contributed by atoms with E-state index in [0.29, 0.717) is 35.3 Å². The number of fused-ring (bicyclic) bond motifs is 1. The van der Waals surface area contributed by atoms with E-state index in [-0.39, 0.29) is 35.9 Å². The Morgan fingerprint density at radius 2 is 1.92 bits per heavy atom. The maximum atomic E-state index is 13.7. The lowest BCUT2D eigenvalue weighted by molar-refractivity contribution is 0.0234. The van der Waals surface area contributed by atoms with Crippen LogP contribution in [0.15, 0.2) is 36.7 Å². The van der Waals surface area contributed by atoms with Gasteiger partial charge in [0.1, 0.15) is 29.1 Å². The normalized spacial score (nSPS) is 18.3. The van der Waals surface area contributed by atoms with Crippen molar-refractivity contribution in [1.29, 1.82) is 0 Å². The molecule has 9 nitrogen and oxygen atoms in total. The first kappa shape index (κ1) is 26.0. The number of carbonyl (C=O) groups excluding carboxylic acids is 2. The van der Waals surface area contributed by atoms with Gasteiger partial charge in [-0.05, 0) is 59.4 Å². The summed E-state index contributed by atoms with van der Waals surface area (Å²) in [5, 5.41) is 3.54. The van der Waals surface area contributed by atoms with Gasteiger partial charge in [-0.1, -0.05) is 36.3 Å². The molecule has 0 unspecified atom stereocenters. The SMILES string of the molecule is CC#Cc1c(C(=O)N[C@H](C)c2ccccc2)c2c(N)ncnc2n1[C@@H]1C[C@H](C)N(C(=O)OC(C)(C)C)C1. The lowest BCUT2D eigenvalue weighted by atomic mass is 10.1. The second kappa shape index (κ2) is 10.1. The minimum Gasteiger partial charge on any atom is -0.444 e. The molecule has 37 heavy (non-hydrogen) atoms. The van der Waals surface area contributed by atoms with Crippen molar-refractivity contribution in [1.82, 2.24) is 24.8 Å². The Hall–Kier alpha value is -4.06. The van der Waals surface area contributed by atoms with Crippen LogP contribution >= 0.6 is 0 Å². The molecular formula is C28H34N6O3. The number of amides is 2. The predicted octanol–water partition coefficient (Wildman–Crippen LogP) is 4.45. The van der Waals surface area contributed by atoms with Gasteiger partial charge in [-0.2, -0.15) is 0 Å². The molecule has 3 aromatic rings. The van der Waals surface area contributed by atoms with E-state index in [1.54, 1.807) is 11.8 Å². The highest BCUT2D eigenvalue weighted by Crippen LogP contribution is 2.37. The van der Waals surface area contributed by atoms with Gasteiger partial charge in [0.15, 0.2) is 0 Å². The summed E-state index contributed by atoms with van der Waals surface area (Å²) in [6, 6.07) is 9.23. The molecule has 4 rings (SSSR count). The third-order valence-electron chi connectivity index (χ3n) is 6.48. The number of nitrogens with zero attached hydrogens (tertiary/aromatic N) is 4. The van der Waals surface area contributed by atoms with Crippen LogP contribution in [0.4, 0.5) is 10.6 Å². The Morgan fingerprint density at radius 3 is 2.57 bits per heavy atom. The molecule has 1 fully saturated rings. The summed E-state index contributed by atoms with van der Waals surface area (Å²) >= 11 is 0. The molecule has 3 atom stereocenters. The van der Waals surface area contributed by atoms with Crippen molar-refractivity contribution in [3.63, 3.8) is 0 Å². The van der Waals surface area contributed by atoms with Crippen LogP contribution in [-0.2, 0) is 4.74 Å². The number of likely N-dealkylation sites (tertiary alicyclic amines) is 1. The topological polar surface area (TPSA) is 115 Å². The van der Waals surface area contributed by atoms with Gasteiger partial charge in [-0.15, -0.1) is 0 Å². The largest absolute Gasteiger partial charge is 0.444 e. The number of nitrogen functional groups attached to an aromatic ring is 1. The van der Waals surface area contributed by atoms with Gasteiger partial charge in [-0.3, -0.25) is 4.79 Å². The van der Waals surface area contributed by atoms with Crippen molar-refractivity contribution in [3.05, 3.63) is 53.5 Å². The number of rotatable bonds is 4. The first-order chi connectivity index (χ1) is 17.5. The number of hydrogen-bond acceptors (Lipinski definition) is 6. The molecule has 1 aliphatic rings. The molecule has 3 heterocycles. The van der Waals surface area contributed by atoms with Crippen molar-refractivity contribution in [3.8, 4) is 11.8 Å². The molecule has 0 spiro atoms. The minimum absolute atomic E-state index is 0.0747. The first-order valence-electron chi connectivity index (χ1n) is 12.4. The van der Waals surface area contributed by atoms with E-state index in [1.807, 2.05) is 69.5 Å². The highest BCUT2D eigenvalue weighted by Gasteiger charge is 2.39. The highest BCUT2D eigenvalue weighted by molar-refractivity contribution is 6.12. The maximum absolute atomic E-state index is 13.7. The van der Waals surface area contributed by atoms with Gasteiger partial charge < -0.3 is 25.3 Å². The minimum atomic E-state index is -0.601. The Morgan fingerprint density at radius 1 is 1.22 bits per heavy atom. The summed E-state index contributed by atoms with van der Waals surface area (Å²) in [6.07, 6.45) is 1.66. The average molecular weight is 503 g/mol. The number of benzene rings is 1. The number of aromatic nitrogens is 3. The van der Waals surface area contributed by atoms with E-state index in [9.17, 15) is 9.59 Å². The molecule has 0 aliphatic carbocycles. The second-order valence-corrected chi connectivity index (χ2v) is 10.4. The van der Waals surface area contributed by atoms with E-state index < -0.39 is 5.60 Å². The Labute approximate surface area is 217 Å². The maximum Gasteiger partial charge on any atom is 0.410 e. The molecule has 1 saturated heterocycles. The monoisotopic (exact) mass is 502 g/mol. The number of hydrogen-bond donors (Lipinski definition) is 2. The molecule has 1 aliphatic heterocycles. The standard InChI is InChI=1S/C28H34N6O3/c1-7-11-21-22(26(35)32-18(3)19-12-9-8-10-13-19)23-24(29)30-16-31-25(23)34(21)20-14-17(2)33(15-20)27(36)37-28(4,5)6/h8-10,12-13,16-18,20H,14-15H2,1-6H3,(H,32,35)(H2,29,30,31)/t17-,18+,20+/m0/s1. The van der Waals surface area contributed by atoms with Gasteiger partial charge in [0, 0.05) is 12.6 Å². The first-order valence-corrected chi connectivity index (χ1v) is 12.4. The molecule has 0 radical (unpaired) electrons. The van der Waals surface area contributed by atoms with Crippen LogP contribution in [-0.4, -0.2) is 49.6 Å². The van der Waals surface area contributed by atoms with Crippen LogP contribution in [0.2, 0.25) is 0 Å². The number of nitrogens with two attached hydrogens (primary N) is 1. The van der Waals surface area contributed by atoms with Crippen molar-refractivity contribution in [2.24, 2.45) is 0 Å². The van der Waals surface area contributed by atoms with Crippen molar-refractivity contribution in [2.45, 2.75) is 71.7 Å². The van der Waals surface area contributed by atoms with Gasteiger partial charge >= 0.3 is 6.09 Å². The van der Waals surface area contributed by atoms with Crippen LogP contribution in [0, 0.1) is 11.8 Å². The third-order valence-corrected chi connectivity index (χ3v) is 6.48. The fourth-order valence-electron chi connectivity index (χ4n) is 4.83. The van der Waals surface area contributed by atoms with E-state index in [1.165, 1.54) is 6.33 Å². The van der Waals surface area contributed by atoms with Crippen LogP contribution in [0.1, 0.15) is 81.7 Å². The Kier molecular flexibility index (Phi) is 7.12. The second-order valence-electron chi connectivity index (χ2n) is 10.4. The fraction of sp³-hybridized carbons (Fsp3) is 0.429. The van der Waals surface area contributed by atoms with Gasteiger partial charge in [0.05, 0.1) is 23.0 Å². The van der Waals surface area contributed by atoms with Crippen LogP contribution in [0.25, 0.3) is 11.0 Å². The summed E-state index contributed by atoms with van der Waals surface area (Å²) in [4.78, 5) is 37.0. The summed E-state index contributed by atoms with van der Waals surface area (Å²) in [7, 11) is 0. The number of carbonyl (C=O) groups is 2. The summed E-state index contributed by atoms with van der Waals surface area (Å²) in [5.41, 5.74) is 8.05. The molecule has 194 valence electrons.